The molecule has 0 spiro atoms. The Balaban J connectivity index is 2.03. The molecule has 0 aliphatic rings. The number of ether oxygens (including phenoxy) is 2. The third-order valence-corrected chi connectivity index (χ3v) is 4.03. The Bertz CT molecular complexity index is 622. The molecule has 0 amide bonds. The number of carbonyl (C=O) groups is 1. The molecule has 0 fully saturated rings. The van der Waals surface area contributed by atoms with E-state index in [-0.39, 0.29) is 6.10 Å². The van der Waals surface area contributed by atoms with E-state index in [1.54, 1.807) is 6.07 Å². The van der Waals surface area contributed by atoms with Crippen LogP contribution in [0.25, 0.3) is 0 Å². The van der Waals surface area contributed by atoms with Gasteiger partial charge in [0.25, 0.3) is 0 Å². The van der Waals surface area contributed by atoms with Gasteiger partial charge < -0.3 is 9.47 Å². The zero-order chi connectivity index (χ0) is 17.2. The average Bonchev–Trinajstić information content (AvgIpc) is 2.62. The van der Waals surface area contributed by atoms with Crippen molar-refractivity contribution in [2.75, 3.05) is 0 Å². The minimum absolute atomic E-state index is 0.265. The third kappa shape index (κ3) is 5.41. The Morgan fingerprint density at radius 2 is 1.67 bits per heavy atom. The van der Waals surface area contributed by atoms with Crippen molar-refractivity contribution in [3.63, 3.8) is 0 Å². The number of para-hydroxylation sites is 1. The van der Waals surface area contributed by atoms with E-state index in [9.17, 15) is 4.79 Å². The summed E-state index contributed by atoms with van der Waals surface area (Å²) in [4.78, 5) is 12.3. The van der Waals surface area contributed by atoms with Gasteiger partial charge in [-0.1, -0.05) is 75.2 Å². The van der Waals surface area contributed by atoms with Gasteiger partial charge in [0.2, 0.25) is 0 Å². The lowest BCUT2D eigenvalue weighted by molar-refractivity contribution is 0.0526. The van der Waals surface area contributed by atoms with Crippen molar-refractivity contribution in [3.05, 3.63) is 65.7 Å². The summed E-state index contributed by atoms with van der Waals surface area (Å²) in [5.74, 6) is 0.574. The highest BCUT2D eigenvalue weighted by Gasteiger charge is 2.18. The Morgan fingerprint density at radius 1 is 0.958 bits per heavy atom. The van der Waals surface area contributed by atoms with Crippen LogP contribution in [0.1, 0.15) is 56.8 Å². The summed E-state index contributed by atoms with van der Waals surface area (Å²) in [6, 6.07) is 17.4. The molecule has 0 radical (unpaired) electrons. The molecule has 128 valence electrons. The maximum atomic E-state index is 12.3. The van der Waals surface area contributed by atoms with Gasteiger partial charge in [-0.05, 0) is 36.5 Å². The lowest BCUT2D eigenvalue weighted by atomic mass is 10.0. The molecule has 0 bridgehead atoms. The molecule has 0 saturated heterocycles. The molecule has 24 heavy (non-hydrogen) atoms. The van der Waals surface area contributed by atoms with E-state index >= 15 is 0 Å². The molecule has 3 heteroatoms. The van der Waals surface area contributed by atoms with E-state index in [4.69, 9.17) is 9.47 Å². The molecule has 0 aliphatic carbocycles. The summed E-state index contributed by atoms with van der Waals surface area (Å²) in [6.07, 6.45) is 4.00. The SMILES string of the molecule is CCCCCC(OC(=O)Oc1ccccc1CC)c1ccccc1. The molecule has 0 N–H and O–H groups in total. The molecule has 0 aromatic heterocycles. The summed E-state index contributed by atoms with van der Waals surface area (Å²) in [7, 11) is 0. The van der Waals surface area contributed by atoms with Crippen LogP contribution < -0.4 is 4.74 Å². The van der Waals surface area contributed by atoms with Crippen LogP contribution in [0.4, 0.5) is 4.79 Å². The monoisotopic (exact) mass is 326 g/mol. The first-order valence-electron chi connectivity index (χ1n) is 8.75. The second-order valence-corrected chi connectivity index (χ2v) is 5.83. The predicted octanol–water partition coefficient (Wildman–Crippen LogP) is 6.09. The highest BCUT2D eigenvalue weighted by Crippen LogP contribution is 2.26. The quantitative estimate of drug-likeness (QED) is 0.335. The largest absolute Gasteiger partial charge is 0.514 e. The number of carbonyl (C=O) groups excluding carboxylic acids is 1. The number of rotatable bonds is 8. The van der Waals surface area contributed by atoms with Crippen molar-refractivity contribution in [3.8, 4) is 5.75 Å². The van der Waals surface area contributed by atoms with Gasteiger partial charge in [0.15, 0.2) is 0 Å². The average molecular weight is 326 g/mol. The topological polar surface area (TPSA) is 35.5 Å². The van der Waals surface area contributed by atoms with Crippen molar-refractivity contribution >= 4 is 6.16 Å². The minimum Gasteiger partial charge on any atom is -0.426 e. The molecule has 0 aliphatic heterocycles. The van der Waals surface area contributed by atoms with Crippen LogP contribution in [-0.2, 0) is 11.2 Å². The molecule has 0 saturated carbocycles. The Morgan fingerprint density at radius 3 is 2.38 bits per heavy atom. The Hall–Kier alpha value is -2.29. The van der Waals surface area contributed by atoms with Crippen molar-refractivity contribution in [2.45, 2.75) is 52.1 Å². The van der Waals surface area contributed by atoms with Gasteiger partial charge >= 0.3 is 6.16 Å². The molecule has 0 heterocycles. The molecule has 1 atom stereocenters. The van der Waals surface area contributed by atoms with Crippen LogP contribution in [0, 0.1) is 0 Å². The summed E-state index contributed by atoms with van der Waals surface area (Å²) in [6.45, 7) is 4.19. The van der Waals surface area contributed by atoms with Crippen molar-refractivity contribution in [1.29, 1.82) is 0 Å². The number of hydrogen-bond acceptors (Lipinski definition) is 3. The second-order valence-electron chi connectivity index (χ2n) is 5.83. The van der Waals surface area contributed by atoms with E-state index in [0.29, 0.717) is 5.75 Å². The van der Waals surface area contributed by atoms with Crippen molar-refractivity contribution < 1.29 is 14.3 Å². The zero-order valence-electron chi connectivity index (χ0n) is 14.5. The smallest absolute Gasteiger partial charge is 0.426 e. The maximum absolute atomic E-state index is 12.3. The standard InChI is InChI=1S/C21H26O3/c1-3-5-7-15-20(18-13-8-6-9-14-18)24-21(22)23-19-16-11-10-12-17(19)4-2/h6,8-14,16,20H,3-5,7,15H2,1-2H3. The van der Waals surface area contributed by atoms with Gasteiger partial charge in [-0.2, -0.15) is 0 Å². The lowest BCUT2D eigenvalue weighted by Crippen LogP contribution is -2.16. The highest BCUT2D eigenvalue weighted by molar-refractivity contribution is 5.65. The van der Waals surface area contributed by atoms with E-state index in [2.05, 4.69) is 6.92 Å². The second kappa shape index (κ2) is 9.76. The van der Waals surface area contributed by atoms with Crippen molar-refractivity contribution in [2.24, 2.45) is 0 Å². The fourth-order valence-corrected chi connectivity index (χ4v) is 2.67. The molecule has 2 rings (SSSR count). The highest BCUT2D eigenvalue weighted by atomic mass is 16.7. The molecule has 1 unspecified atom stereocenters. The first-order chi connectivity index (χ1) is 11.7. The molecule has 2 aromatic carbocycles. The molecular formula is C21H26O3. The zero-order valence-corrected chi connectivity index (χ0v) is 14.5. The van der Waals surface area contributed by atoms with E-state index in [0.717, 1.165) is 43.2 Å². The fraction of sp³-hybridized carbons (Fsp3) is 0.381. The van der Waals surface area contributed by atoms with Gasteiger partial charge in [-0.25, -0.2) is 4.79 Å². The molecule has 3 nitrogen and oxygen atoms in total. The summed E-state index contributed by atoms with van der Waals surface area (Å²) >= 11 is 0. The van der Waals surface area contributed by atoms with Gasteiger partial charge in [-0.15, -0.1) is 0 Å². The summed E-state index contributed by atoms with van der Waals surface area (Å²) in [5, 5.41) is 0. The number of aryl methyl sites for hydroxylation is 1. The van der Waals surface area contributed by atoms with Crippen LogP contribution in [-0.4, -0.2) is 6.16 Å². The molecular weight excluding hydrogens is 300 g/mol. The van der Waals surface area contributed by atoms with E-state index in [1.807, 2.05) is 55.5 Å². The van der Waals surface area contributed by atoms with E-state index in [1.165, 1.54) is 0 Å². The lowest BCUT2D eigenvalue weighted by Gasteiger charge is -2.18. The first kappa shape index (κ1) is 18.1. The normalized spacial score (nSPS) is 11.8. The number of hydrogen-bond donors (Lipinski definition) is 0. The van der Waals surface area contributed by atoms with Gasteiger partial charge in [0.1, 0.15) is 11.9 Å². The van der Waals surface area contributed by atoms with Crippen LogP contribution in [0.15, 0.2) is 54.6 Å². The summed E-state index contributed by atoms with van der Waals surface area (Å²) < 4.78 is 11.1. The number of unbranched alkanes of at least 4 members (excludes halogenated alkanes) is 2. The Kier molecular flexibility index (Phi) is 7.34. The predicted molar refractivity (Wildman–Crippen MR) is 96.3 cm³/mol. The van der Waals surface area contributed by atoms with Gasteiger partial charge in [0, 0.05) is 0 Å². The fourth-order valence-electron chi connectivity index (χ4n) is 2.67. The maximum Gasteiger partial charge on any atom is 0.514 e. The Labute approximate surface area is 144 Å². The van der Waals surface area contributed by atoms with Crippen LogP contribution in [0.3, 0.4) is 0 Å². The van der Waals surface area contributed by atoms with Crippen molar-refractivity contribution in [1.82, 2.24) is 0 Å². The third-order valence-electron chi connectivity index (χ3n) is 4.03. The first-order valence-corrected chi connectivity index (χ1v) is 8.75. The van der Waals surface area contributed by atoms with Gasteiger partial charge in [0.05, 0.1) is 0 Å². The van der Waals surface area contributed by atoms with E-state index < -0.39 is 6.16 Å². The number of benzene rings is 2. The summed E-state index contributed by atoms with van der Waals surface area (Å²) in [5.41, 5.74) is 2.01. The molecule has 2 aromatic rings. The van der Waals surface area contributed by atoms with Crippen LogP contribution >= 0.6 is 0 Å². The van der Waals surface area contributed by atoms with Crippen LogP contribution in [0.5, 0.6) is 5.75 Å². The minimum atomic E-state index is -0.638. The van der Waals surface area contributed by atoms with Crippen LogP contribution in [0.2, 0.25) is 0 Å². The van der Waals surface area contributed by atoms with Gasteiger partial charge in [-0.3, -0.25) is 0 Å².